The van der Waals surface area contributed by atoms with E-state index in [4.69, 9.17) is 4.42 Å². The van der Waals surface area contributed by atoms with E-state index >= 15 is 0 Å². The second-order valence-electron chi connectivity index (χ2n) is 4.08. The molecule has 0 amide bonds. The molecule has 0 spiro atoms. The van der Waals surface area contributed by atoms with Crippen LogP contribution in [0.4, 0.5) is 0 Å². The Balaban J connectivity index is 0.00000106. The van der Waals surface area contributed by atoms with Crippen molar-refractivity contribution in [3.8, 4) is 11.3 Å². The maximum atomic E-state index is 12.2. The molecule has 0 atom stereocenters. The Morgan fingerprint density at radius 1 is 0.955 bits per heavy atom. The van der Waals surface area contributed by atoms with Crippen molar-refractivity contribution in [2.45, 2.75) is 20.8 Å². The average molecular weight is 442 g/mol. The molecule has 0 aliphatic heterocycles. The standard InChI is InChI=1S/C16H10O2.C2H6.2Y/c1-11-15(17)13-9-5-6-10-14(13)18-16(11)12-7-3-2-4-8-12;1-2;;/h2-8H,1H3;1-2H3;;/q-2;;;. The Morgan fingerprint density at radius 2 is 1.55 bits per heavy atom. The first kappa shape index (κ1) is 21.9. The van der Waals surface area contributed by atoms with E-state index in [2.05, 4.69) is 12.1 Å². The minimum absolute atomic E-state index is 0. The first-order valence-electron chi connectivity index (χ1n) is 6.68. The summed E-state index contributed by atoms with van der Waals surface area (Å²) in [6, 6.07) is 18.8. The van der Waals surface area contributed by atoms with Crippen molar-refractivity contribution in [2.24, 2.45) is 0 Å². The maximum absolute atomic E-state index is 12.2. The van der Waals surface area contributed by atoms with Crippen LogP contribution in [0.5, 0.6) is 0 Å². The van der Waals surface area contributed by atoms with Crippen LogP contribution in [0.3, 0.4) is 0 Å². The fourth-order valence-corrected chi connectivity index (χ4v) is 1.96. The van der Waals surface area contributed by atoms with Crippen LogP contribution in [0.1, 0.15) is 19.4 Å². The summed E-state index contributed by atoms with van der Waals surface area (Å²) in [5.41, 5.74) is 1.90. The Kier molecular flexibility index (Phi) is 10.5. The molecule has 0 aliphatic carbocycles. The van der Waals surface area contributed by atoms with E-state index in [-0.39, 0.29) is 70.8 Å². The first-order valence-corrected chi connectivity index (χ1v) is 6.68. The summed E-state index contributed by atoms with van der Waals surface area (Å²) in [4.78, 5) is 12.2. The number of hydrogen-bond acceptors (Lipinski definition) is 2. The molecule has 3 aromatic rings. The second-order valence-corrected chi connectivity index (χ2v) is 4.08. The average Bonchev–Trinajstić information content (AvgIpc) is 2.54. The number of benzene rings is 2. The summed E-state index contributed by atoms with van der Waals surface area (Å²) < 4.78 is 5.77. The molecule has 2 aromatic carbocycles. The van der Waals surface area contributed by atoms with Gasteiger partial charge in [0.1, 0.15) is 5.76 Å². The van der Waals surface area contributed by atoms with Gasteiger partial charge in [0.05, 0.1) is 5.43 Å². The molecule has 1 heterocycles. The third-order valence-corrected chi connectivity index (χ3v) is 2.90. The number of fused-ring (bicyclic) bond motifs is 1. The van der Waals surface area contributed by atoms with Crippen molar-refractivity contribution in [3.63, 3.8) is 0 Å². The van der Waals surface area contributed by atoms with Gasteiger partial charge >= 0.3 is 0 Å². The normalized spacial score (nSPS) is 9.05. The van der Waals surface area contributed by atoms with Crippen molar-refractivity contribution in [2.75, 3.05) is 0 Å². The predicted octanol–water partition coefficient (Wildman–Crippen LogP) is 4.39. The molecule has 22 heavy (non-hydrogen) atoms. The summed E-state index contributed by atoms with van der Waals surface area (Å²) in [5, 5.41) is 0.453. The van der Waals surface area contributed by atoms with Gasteiger partial charge in [-0.15, -0.1) is 0 Å². The van der Waals surface area contributed by atoms with Crippen molar-refractivity contribution < 1.29 is 69.8 Å². The molecule has 0 bridgehead atoms. The molecular formula is C18H16O2Y2-2. The van der Waals surface area contributed by atoms with E-state index < -0.39 is 0 Å². The van der Waals surface area contributed by atoms with Crippen molar-refractivity contribution in [1.29, 1.82) is 0 Å². The molecule has 0 fully saturated rings. The predicted molar refractivity (Wildman–Crippen MR) is 81.7 cm³/mol. The van der Waals surface area contributed by atoms with Crippen LogP contribution < -0.4 is 5.43 Å². The third kappa shape index (κ3) is 4.68. The van der Waals surface area contributed by atoms with Crippen molar-refractivity contribution in [1.82, 2.24) is 0 Å². The minimum atomic E-state index is -0.0491. The molecule has 0 unspecified atom stereocenters. The fraction of sp³-hybridized carbons (Fsp3) is 0.167. The van der Waals surface area contributed by atoms with Crippen LogP contribution >= 0.6 is 0 Å². The molecule has 0 saturated heterocycles. The molecule has 0 aliphatic rings. The van der Waals surface area contributed by atoms with Crippen LogP contribution in [-0.2, 0) is 65.4 Å². The smallest absolute Gasteiger partial charge is 0.115 e. The molecule has 2 radical (unpaired) electrons. The number of rotatable bonds is 1. The summed E-state index contributed by atoms with van der Waals surface area (Å²) in [7, 11) is 0. The molecule has 0 saturated carbocycles. The van der Waals surface area contributed by atoms with Gasteiger partial charge in [-0.2, -0.15) is 5.39 Å². The summed E-state index contributed by atoms with van der Waals surface area (Å²) in [5.74, 6) is 0.601. The van der Waals surface area contributed by atoms with Crippen molar-refractivity contribution >= 4 is 11.0 Å². The van der Waals surface area contributed by atoms with Gasteiger partial charge < -0.3 is 9.21 Å². The Bertz CT molecular complexity index is 765. The van der Waals surface area contributed by atoms with Gasteiger partial charge in [0.2, 0.25) is 0 Å². The zero-order valence-electron chi connectivity index (χ0n) is 13.0. The van der Waals surface area contributed by atoms with E-state index in [0.29, 0.717) is 22.3 Å². The monoisotopic (exact) mass is 442 g/mol. The molecule has 108 valence electrons. The fourth-order valence-electron chi connectivity index (χ4n) is 1.96. The molecule has 1 aromatic heterocycles. The van der Waals surface area contributed by atoms with Gasteiger partial charge in [0.15, 0.2) is 0 Å². The second kappa shape index (κ2) is 10.6. The Hall–Kier alpha value is -0.142. The van der Waals surface area contributed by atoms with Crippen molar-refractivity contribution in [3.05, 3.63) is 70.4 Å². The quantitative estimate of drug-likeness (QED) is 0.524. The molecular weight excluding hydrogens is 426 g/mol. The van der Waals surface area contributed by atoms with Gasteiger partial charge in [0.25, 0.3) is 0 Å². The molecule has 0 N–H and O–H groups in total. The molecule has 2 nitrogen and oxygen atoms in total. The van der Waals surface area contributed by atoms with Crippen LogP contribution in [0.15, 0.2) is 51.7 Å². The van der Waals surface area contributed by atoms with E-state index in [9.17, 15) is 4.79 Å². The largest absolute Gasteiger partial charge is 0.527 e. The van der Waals surface area contributed by atoms with Crippen LogP contribution in [0, 0.1) is 19.1 Å². The zero-order valence-corrected chi connectivity index (χ0v) is 18.7. The summed E-state index contributed by atoms with van der Waals surface area (Å²) in [6.07, 6.45) is 0. The third-order valence-electron chi connectivity index (χ3n) is 2.90. The Labute approximate surface area is 181 Å². The first-order chi connectivity index (χ1) is 9.77. The van der Waals surface area contributed by atoms with Gasteiger partial charge in [-0.1, -0.05) is 49.8 Å². The summed E-state index contributed by atoms with van der Waals surface area (Å²) in [6.45, 7) is 5.77. The van der Waals surface area contributed by atoms with Gasteiger partial charge in [-0.3, -0.25) is 18.2 Å². The van der Waals surface area contributed by atoms with Gasteiger partial charge in [0, 0.05) is 71.0 Å². The van der Waals surface area contributed by atoms with E-state index in [1.54, 1.807) is 19.1 Å². The summed E-state index contributed by atoms with van der Waals surface area (Å²) >= 11 is 0. The minimum Gasteiger partial charge on any atom is -0.527 e. The van der Waals surface area contributed by atoms with Gasteiger partial charge in [-0.05, 0) is 12.5 Å². The van der Waals surface area contributed by atoms with E-state index in [1.165, 1.54) is 0 Å². The number of hydrogen-bond donors (Lipinski definition) is 0. The van der Waals surface area contributed by atoms with Crippen LogP contribution in [0.2, 0.25) is 0 Å². The molecule has 4 heteroatoms. The van der Waals surface area contributed by atoms with Crippen LogP contribution in [-0.4, -0.2) is 0 Å². The zero-order chi connectivity index (χ0) is 14.5. The Morgan fingerprint density at radius 3 is 2.18 bits per heavy atom. The van der Waals surface area contributed by atoms with E-state index in [1.807, 2.05) is 44.2 Å². The van der Waals surface area contributed by atoms with Crippen LogP contribution in [0.25, 0.3) is 22.3 Å². The maximum Gasteiger partial charge on any atom is 0.115 e. The molecule has 3 rings (SSSR count). The SMILES string of the molecule is CC.Cc1c(-c2ccccc2)oc2[c-]cc[c-]c2c1=O.[Y].[Y]. The topological polar surface area (TPSA) is 30.2 Å². The van der Waals surface area contributed by atoms with E-state index in [0.717, 1.165) is 5.56 Å². The van der Waals surface area contributed by atoms with Gasteiger partial charge in [-0.25, -0.2) is 6.07 Å².